The number of likely N-dealkylation sites (tertiary alicyclic amines) is 2. The molecule has 8 heteroatoms. The standard InChI is InChI=1S/C21H29N5O3/c1-22-15-9-11-25(12-10-15)13-14-5-4-6-16-19(14)24(3)21(29)26(16)17-7-8-18(27)23(2)20(17)28/h4-6,15,17,22H,7-13H2,1-3H3. The average molecular weight is 399 g/mol. The molecule has 1 N–H and O–H groups in total. The van der Waals surface area contributed by atoms with Gasteiger partial charge in [-0.2, -0.15) is 0 Å². The van der Waals surface area contributed by atoms with Crippen LogP contribution in [0.4, 0.5) is 0 Å². The average Bonchev–Trinajstić information content (AvgIpc) is 2.98. The van der Waals surface area contributed by atoms with Gasteiger partial charge < -0.3 is 5.32 Å². The van der Waals surface area contributed by atoms with Crippen LogP contribution in [0.2, 0.25) is 0 Å². The highest BCUT2D eigenvalue weighted by Gasteiger charge is 2.35. The zero-order valence-corrected chi connectivity index (χ0v) is 17.4. The number of aryl methyl sites for hydroxylation is 1. The molecule has 2 amide bonds. The quantitative estimate of drug-likeness (QED) is 0.771. The Balaban J connectivity index is 1.70. The van der Waals surface area contributed by atoms with Gasteiger partial charge in [0.2, 0.25) is 5.91 Å². The van der Waals surface area contributed by atoms with Gasteiger partial charge in [-0.15, -0.1) is 0 Å². The number of hydrogen-bond donors (Lipinski definition) is 1. The van der Waals surface area contributed by atoms with Gasteiger partial charge in [-0.3, -0.25) is 28.5 Å². The van der Waals surface area contributed by atoms with E-state index in [1.807, 2.05) is 19.2 Å². The fourth-order valence-electron chi connectivity index (χ4n) is 4.71. The minimum absolute atomic E-state index is 0.190. The Kier molecular flexibility index (Phi) is 5.31. The van der Waals surface area contributed by atoms with E-state index in [4.69, 9.17) is 0 Å². The van der Waals surface area contributed by atoms with Crippen LogP contribution in [0.15, 0.2) is 23.0 Å². The van der Waals surface area contributed by atoms with Gasteiger partial charge in [0, 0.05) is 33.1 Å². The van der Waals surface area contributed by atoms with Gasteiger partial charge in [-0.05, 0) is 51.0 Å². The molecular weight excluding hydrogens is 370 g/mol. The summed E-state index contributed by atoms with van der Waals surface area (Å²) >= 11 is 0. The number of fused-ring (bicyclic) bond motifs is 1. The second-order valence-electron chi connectivity index (χ2n) is 8.18. The van der Waals surface area contributed by atoms with Crippen LogP contribution in [0.25, 0.3) is 11.0 Å². The monoisotopic (exact) mass is 399 g/mol. The number of carbonyl (C=O) groups excluding carboxylic acids is 2. The molecule has 4 rings (SSSR count). The summed E-state index contributed by atoms with van der Waals surface area (Å²) in [7, 11) is 5.27. The van der Waals surface area contributed by atoms with Crippen LogP contribution in [0.3, 0.4) is 0 Å². The van der Waals surface area contributed by atoms with E-state index in [2.05, 4.69) is 16.3 Å². The van der Waals surface area contributed by atoms with Crippen molar-refractivity contribution in [3.63, 3.8) is 0 Å². The van der Waals surface area contributed by atoms with Gasteiger partial charge in [-0.25, -0.2) is 4.79 Å². The Morgan fingerprint density at radius 3 is 2.48 bits per heavy atom. The summed E-state index contributed by atoms with van der Waals surface area (Å²) in [5, 5.41) is 3.35. The van der Waals surface area contributed by atoms with Crippen molar-refractivity contribution >= 4 is 22.8 Å². The Morgan fingerprint density at radius 1 is 1.07 bits per heavy atom. The number of rotatable bonds is 4. The third-order valence-electron chi connectivity index (χ3n) is 6.51. The molecule has 2 fully saturated rings. The molecule has 2 aromatic rings. The van der Waals surface area contributed by atoms with Crippen molar-refractivity contribution in [1.82, 2.24) is 24.3 Å². The number of aromatic nitrogens is 2. The molecule has 1 atom stereocenters. The van der Waals surface area contributed by atoms with Gasteiger partial charge in [0.15, 0.2) is 0 Å². The maximum Gasteiger partial charge on any atom is 0.329 e. The minimum Gasteiger partial charge on any atom is -0.317 e. The summed E-state index contributed by atoms with van der Waals surface area (Å²) < 4.78 is 3.23. The molecular formula is C21H29N5O3. The molecule has 156 valence electrons. The molecule has 2 aliphatic heterocycles. The lowest BCUT2D eigenvalue weighted by molar-refractivity contribution is -0.149. The zero-order chi connectivity index (χ0) is 20.7. The molecule has 29 heavy (non-hydrogen) atoms. The molecule has 0 saturated carbocycles. The fraction of sp³-hybridized carbons (Fsp3) is 0.571. The summed E-state index contributed by atoms with van der Waals surface area (Å²) in [6.45, 7) is 2.82. The first-order valence-electron chi connectivity index (χ1n) is 10.3. The van der Waals surface area contributed by atoms with Crippen molar-refractivity contribution in [1.29, 1.82) is 0 Å². The van der Waals surface area contributed by atoms with E-state index in [-0.39, 0.29) is 23.9 Å². The molecule has 2 saturated heterocycles. The molecule has 1 aromatic carbocycles. The van der Waals surface area contributed by atoms with Crippen LogP contribution < -0.4 is 11.0 Å². The number of imidazole rings is 1. The van der Waals surface area contributed by atoms with Gasteiger partial charge in [0.1, 0.15) is 6.04 Å². The van der Waals surface area contributed by atoms with Gasteiger partial charge in [-0.1, -0.05) is 12.1 Å². The van der Waals surface area contributed by atoms with E-state index < -0.39 is 6.04 Å². The molecule has 2 aliphatic rings. The lowest BCUT2D eigenvalue weighted by Crippen LogP contribution is -2.45. The highest BCUT2D eigenvalue weighted by Crippen LogP contribution is 2.28. The van der Waals surface area contributed by atoms with E-state index in [1.54, 1.807) is 16.2 Å². The molecule has 0 spiro atoms. The van der Waals surface area contributed by atoms with Crippen LogP contribution in [-0.4, -0.2) is 64.0 Å². The summed E-state index contributed by atoms with van der Waals surface area (Å²) in [6.07, 6.45) is 2.87. The number of nitrogens with one attached hydrogen (secondary N) is 1. The normalized spacial score (nSPS) is 22.0. The second-order valence-corrected chi connectivity index (χ2v) is 8.18. The van der Waals surface area contributed by atoms with Crippen molar-refractivity contribution in [3.05, 3.63) is 34.2 Å². The Hall–Kier alpha value is -2.45. The van der Waals surface area contributed by atoms with Crippen LogP contribution in [0.5, 0.6) is 0 Å². The highest BCUT2D eigenvalue weighted by atomic mass is 16.2. The van der Waals surface area contributed by atoms with Crippen LogP contribution >= 0.6 is 0 Å². The number of para-hydroxylation sites is 1. The molecule has 0 radical (unpaired) electrons. The van der Waals surface area contributed by atoms with Crippen molar-refractivity contribution < 1.29 is 9.59 Å². The maximum atomic E-state index is 13.1. The number of benzene rings is 1. The largest absolute Gasteiger partial charge is 0.329 e. The highest BCUT2D eigenvalue weighted by molar-refractivity contribution is 6.00. The maximum absolute atomic E-state index is 13.1. The Labute approximate surface area is 170 Å². The molecule has 1 unspecified atom stereocenters. The molecule has 8 nitrogen and oxygen atoms in total. The third-order valence-corrected chi connectivity index (χ3v) is 6.51. The summed E-state index contributed by atoms with van der Waals surface area (Å²) in [5.41, 5.74) is 2.53. The Bertz CT molecular complexity index is 1000. The van der Waals surface area contributed by atoms with E-state index in [0.29, 0.717) is 12.5 Å². The van der Waals surface area contributed by atoms with Gasteiger partial charge >= 0.3 is 5.69 Å². The van der Waals surface area contributed by atoms with Gasteiger partial charge in [0.05, 0.1) is 11.0 Å². The molecule has 1 aromatic heterocycles. The molecule has 3 heterocycles. The zero-order valence-electron chi connectivity index (χ0n) is 17.4. The van der Waals surface area contributed by atoms with E-state index >= 15 is 0 Å². The number of nitrogens with zero attached hydrogens (tertiary/aromatic N) is 4. The van der Waals surface area contributed by atoms with Crippen molar-refractivity contribution in [3.8, 4) is 0 Å². The lowest BCUT2D eigenvalue weighted by atomic mass is 10.0. The van der Waals surface area contributed by atoms with E-state index in [9.17, 15) is 14.4 Å². The summed E-state index contributed by atoms with van der Waals surface area (Å²) in [4.78, 5) is 41.2. The Morgan fingerprint density at radius 2 is 1.79 bits per heavy atom. The minimum atomic E-state index is -0.629. The van der Waals surface area contributed by atoms with Crippen molar-refractivity contribution in [2.45, 2.75) is 44.3 Å². The van der Waals surface area contributed by atoms with Crippen molar-refractivity contribution in [2.24, 2.45) is 7.05 Å². The van der Waals surface area contributed by atoms with Gasteiger partial charge in [0.25, 0.3) is 5.91 Å². The predicted octanol–water partition coefficient (Wildman–Crippen LogP) is 0.844. The van der Waals surface area contributed by atoms with E-state index in [0.717, 1.165) is 54.0 Å². The number of imide groups is 1. The SMILES string of the molecule is CNC1CCN(Cc2cccc3c2n(C)c(=O)n3C2CCC(=O)N(C)C2=O)CC1. The van der Waals surface area contributed by atoms with Crippen LogP contribution in [0.1, 0.15) is 37.3 Å². The first kappa shape index (κ1) is 19.8. The first-order chi connectivity index (χ1) is 13.9. The molecule has 0 bridgehead atoms. The lowest BCUT2D eigenvalue weighted by Gasteiger charge is -2.32. The van der Waals surface area contributed by atoms with Crippen molar-refractivity contribution in [2.75, 3.05) is 27.2 Å². The second kappa shape index (κ2) is 7.76. The number of likely N-dealkylation sites (N-methyl/N-ethyl adjacent to an activating group) is 1. The molecule has 0 aliphatic carbocycles. The smallest absolute Gasteiger partial charge is 0.317 e. The number of amides is 2. The first-order valence-corrected chi connectivity index (χ1v) is 10.3. The predicted molar refractivity (Wildman–Crippen MR) is 111 cm³/mol. The van der Waals surface area contributed by atoms with E-state index in [1.165, 1.54) is 7.05 Å². The number of carbonyl (C=O) groups is 2. The summed E-state index contributed by atoms with van der Waals surface area (Å²) in [6, 6.07) is 5.86. The fourth-order valence-corrected chi connectivity index (χ4v) is 4.71. The topological polar surface area (TPSA) is 79.6 Å². The number of hydrogen-bond acceptors (Lipinski definition) is 5. The summed E-state index contributed by atoms with van der Waals surface area (Å²) in [5.74, 6) is -0.499. The van der Waals surface area contributed by atoms with Crippen LogP contribution in [-0.2, 0) is 23.2 Å². The number of piperidine rings is 2. The third kappa shape index (κ3) is 3.40. The van der Waals surface area contributed by atoms with Crippen LogP contribution in [0, 0.1) is 0 Å².